The van der Waals surface area contributed by atoms with E-state index in [1.807, 2.05) is 7.05 Å². The number of hydrogen-bond donors (Lipinski definition) is 2. The molecule has 2 N–H and O–H groups in total. The van der Waals surface area contributed by atoms with Crippen LogP contribution in [0.2, 0.25) is 0 Å². The van der Waals surface area contributed by atoms with Crippen LogP contribution in [0.1, 0.15) is 19.3 Å². The third kappa shape index (κ3) is 2.73. The number of nitrogens with one attached hydrogen (secondary N) is 1. The van der Waals surface area contributed by atoms with Crippen molar-refractivity contribution >= 4 is 0 Å². The van der Waals surface area contributed by atoms with Crippen LogP contribution in [0.3, 0.4) is 0 Å². The van der Waals surface area contributed by atoms with Crippen molar-refractivity contribution in [3.63, 3.8) is 0 Å². The fourth-order valence-corrected chi connectivity index (χ4v) is 1.84. The second-order valence-corrected chi connectivity index (χ2v) is 3.38. The molecule has 0 aromatic heterocycles. The molecular weight excluding hydrogens is 154 g/mol. The van der Waals surface area contributed by atoms with Crippen LogP contribution in [0.15, 0.2) is 0 Å². The van der Waals surface area contributed by atoms with Gasteiger partial charge in [-0.05, 0) is 32.2 Å². The molecule has 1 aliphatic rings. The largest absolute Gasteiger partial charge is 0.396 e. The van der Waals surface area contributed by atoms with E-state index in [1.165, 1.54) is 6.42 Å². The molecule has 3 heteroatoms. The van der Waals surface area contributed by atoms with Gasteiger partial charge in [-0.2, -0.15) is 0 Å². The third-order valence-corrected chi connectivity index (χ3v) is 2.58. The summed E-state index contributed by atoms with van der Waals surface area (Å²) in [4.78, 5) is 0. The summed E-state index contributed by atoms with van der Waals surface area (Å²) in [6, 6.07) is 0.426. The van der Waals surface area contributed by atoms with Crippen molar-refractivity contribution in [2.45, 2.75) is 25.3 Å². The molecule has 0 aliphatic carbocycles. The Kier molecular flexibility index (Phi) is 4.58. The first-order valence-corrected chi connectivity index (χ1v) is 4.74. The number of aliphatic hydroxyl groups is 1. The number of hydrogen-bond acceptors (Lipinski definition) is 3. The van der Waals surface area contributed by atoms with Crippen LogP contribution in [0, 0.1) is 5.92 Å². The zero-order chi connectivity index (χ0) is 8.81. The second-order valence-electron chi connectivity index (χ2n) is 3.38. The average Bonchev–Trinajstić information content (AvgIpc) is 2.15. The van der Waals surface area contributed by atoms with Crippen LogP contribution in [0.25, 0.3) is 0 Å². The molecule has 0 bridgehead atoms. The lowest BCUT2D eigenvalue weighted by atomic mass is 9.92. The van der Waals surface area contributed by atoms with E-state index in [0.717, 1.165) is 26.1 Å². The van der Waals surface area contributed by atoms with Crippen molar-refractivity contribution in [1.82, 2.24) is 5.32 Å². The topological polar surface area (TPSA) is 41.5 Å². The highest BCUT2D eigenvalue weighted by atomic mass is 16.5. The smallest absolute Gasteiger partial charge is 0.0509 e. The SMILES string of the molecule is CNC(CCO)C1CCCOC1. The second kappa shape index (κ2) is 5.51. The summed E-state index contributed by atoms with van der Waals surface area (Å²) in [6.45, 7) is 2.03. The molecule has 1 aliphatic heterocycles. The van der Waals surface area contributed by atoms with Gasteiger partial charge in [-0.3, -0.25) is 0 Å². The maximum atomic E-state index is 8.82. The molecular formula is C9H19NO2. The molecule has 2 atom stereocenters. The van der Waals surface area contributed by atoms with Crippen LogP contribution in [0.4, 0.5) is 0 Å². The van der Waals surface area contributed by atoms with E-state index in [-0.39, 0.29) is 6.61 Å². The third-order valence-electron chi connectivity index (χ3n) is 2.58. The summed E-state index contributed by atoms with van der Waals surface area (Å²) in [5.74, 6) is 0.593. The molecule has 0 saturated carbocycles. The highest BCUT2D eigenvalue weighted by molar-refractivity contribution is 4.76. The van der Waals surface area contributed by atoms with Gasteiger partial charge >= 0.3 is 0 Å². The van der Waals surface area contributed by atoms with E-state index in [2.05, 4.69) is 5.32 Å². The first kappa shape index (κ1) is 9.96. The molecule has 1 saturated heterocycles. The number of ether oxygens (including phenoxy) is 1. The van der Waals surface area contributed by atoms with Crippen LogP contribution in [0.5, 0.6) is 0 Å². The predicted molar refractivity (Wildman–Crippen MR) is 48.1 cm³/mol. The molecule has 12 heavy (non-hydrogen) atoms. The van der Waals surface area contributed by atoms with Gasteiger partial charge in [0.05, 0.1) is 6.61 Å². The molecule has 0 amide bonds. The van der Waals surface area contributed by atoms with Gasteiger partial charge in [0.1, 0.15) is 0 Å². The van der Waals surface area contributed by atoms with Crippen molar-refractivity contribution in [1.29, 1.82) is 0 Å². The highest BCUT2D eigenvalue weighted by Crippen LogP contribution is 2.18. The maximum Gasteiger partial charge on any atom is 0.0509 e. The lowest BCUT2D eigenvalue weighted by Crippen LogP contribution is -2.38. The van der Waals surface area contributed by atoms with Crippen LogP contribution < -0.4 is 5.32 Å². The zero-order valence-corrected chi connectivity index (χ0v) is 7.75. The Morgan fingerprint density at radius 1 is 1.67 bits per heavy atom. The quantitative estimate of drug-likeness (QED) is 0.646. The molecule has 0 aromatic rings. The summed E-state index contributed by atoms with van der Waals surface area (Å²) in [6.07, 6.45) is 3.23. The Hall–Kier alpha value is -0.120. The molecule has 1 heterocycles. The van der Waals surface area contributed by atoms with E-state index in [0.29, 0.717) is 12.0 Å². The summed E-state index contributed by atoms with van der Waals surface area (Å²) in [7, 11) is 1.95. The van der Waals surface area contributed by atoms with E-state index in [4.69, 9.17) is 9.84 Å². The van der Waals surface area contributed by atoms with Gasteiger partial charge in [0, 0.05) is 19.3 Å². The Morgan fingerprint density at radius 2 is 2.50 bits per heavy atom. The van der Waals surface area contributed by atoms with Gasteiger partial charge < -0.3 is 15.2 Å². The maximum absolute atomic E-state index is 8.82. The summed E-state index contributed by atoms with van der Waals surface area (Å²) >= 11 is 0. The molecule has 1 rings (SSSR count). The zero-order valence-electron chi connectivity index (χ0n) is 7.75. The Balaban J connectivity index is 2.29. The standard InChI is InChI=1S/C9H19NO2/c1-10-9(4-5-11)8-3-2-6-12-7-8/h8-11H,2-7H2,1H3. The normalized spacial score (nSPS) is 27.0. The summed E-state index contributed by atoms with van der Waals surface area (Å²) in [5, 5.41) is 12.1. The summed E-state index contributed by atoms with van der Waals surface area (Å²) < 4.78 is 5.39. The van der Waals surface area contributed by atoms with Crippen molar-refractivity contribution in [3.05, 3.63) is 0 Å². The van der Waals surface area contributed by atoms with Crippen molar-refractivity contribution in [3.8, 4) is 0 Å². The fraction of sp³-hybridized carbons (Fsp3) is 1.00. The minimum atomic E-state index is 0.266. The van der Waals surface area contributed by atoms with E-state index in [9.17, 15) is 0 Å². The Labute approximate surface area is 74.1 Å². The monoisotopic (exact) mass is 173 g/mol. The molecule has 0 aromatic carbocycles. The molecule has 1 fully saturated rings. The van der Waals surface area contributed by atoms with Gasteiger partial charge in [0.2, 0.25) is 0 Å². The van der Waals surface area contributed by atoms with Crippen LogP contribution in [-0.4, -0.2) is 38.0 Å². The van der Waals surface area contributed by atoms with Gasteiger partial charge in [-0.15, -0.1) is 0 Å². The number of rotatable bonds is 4. The summed E-state index contributed by atoms with van der Waals surface area (Å²) in [5.41, 5.74) is 0. The highest BCUT2D eigenvalue weighted by Gasteiger charge is 2.21. The number of aliphatic hydroxyl groups excluding tert-OH is 1. The van der Waals surface area contributed by atoms with E-state index in [1.54, 1.807) is 0 Å². The van der Waals surface area contributed by atoms with Crippen molar-refractivity contribution < 1.29 is 9.84 Å². The molecule has 0 radical (unpaired) electrons. The van der Waals surface area contributed by atoms with Gasteiger partial charge in [-0.25, -0.2) is 0 Å². The lowest BCUT2D eigenvalue weighted by molar-refractivity contribution is 0.0364. The minimum Gasteiger partial charge on any atom is -0.396 e. The predicted octanol–water partition coefficient (Wildman–Crippen LogP) is 0.383. The van der Waals surface area contributed by atoms with Gasteiger partial charge in [-0.1, -0.05) is 0 Å². The first-order chi connectivity index (χ1) is 5.88. The van der Waals surface area contributed by atoms with Gasteiger partial charge in [0.15, 0.2) is 0 Å². The average molecular weight is 173 g/mol. The van der Waals surface area contributed by atoms with Crippen LogP contribution in [-0.2, 0) is 4.74 Å². The van der Waals surface area contributed by atoms with E-state index < -0.39 is 0 Å². The van der Waals surface area contributed by atoms with Crippen LogP contribution >= 0.6 is 0 Å². The molecule has 2 unspecified atom stereocenters. The molecule has 0 spiro atoms. The lowest BCUT2D eigenvalue weighted by Gasteiger charge is -2.29. The minimum absolute atomic E-state index is 0.266. The first-order valence-electron chi connectivity index (χ1n) is 4.74. The van der Waals surface area contributed by atoms with E-state index >= 15 is 0 Å². The Morgan fingerprint density at radius 3 is 3.00 bits per heavy atom. The van der Waals surface area contributed by atoms with Crippen molar-refractivity contribution in [2.24, 2.45) is 5.92 Å². The van der Waals surface area contributed by atoms with Crippen molar-refractivity contribution in [2.75, 3.05) is 26.9 Å². The Bertz CT molecular complexity index is 110. The fourth-order valence-electron chi connectivity index (χ4n) is 1.84. The molecule has 3 nitrogen and oxygen atoms in total. The van der Waals surface area contributed by atoms with Gasteiger partial charge in [0.25, 0.3) is 0 Å². The molecule has 72 valence electrons.